The highest BCUT2D eigenvalue weighted by atomic mass is 16.7. The average Bonchev–Trinajstić information content (AvgIpc) is 3.05. The molecule has 4 rings (SSSR count). The Morgan fingerprint density at radius 2 is 1.45 bits per heavy atom. The molecule has 1 aliphatic carbocycles. The van der Waals surface area contributed by atoms with E-state index in [1.54, 1.807) is 14.2 Å². The minimum Gasteiger partial charge on any atom is -0.356 e. The minimum atomic E-state index is -0.652. The van der Waals surface area contributed by atoms with Gasteiger partial charge in [-0.05, 0) is 27.8 Å². The van der Waals surface area contributed by atoms with Crippen molar-refractivity contribution < 1.29 is 9.47 Å². The summed E-state index contributed by atoms with van der Waals surface area (Å²) < 4.78 is 10.9. The second-order valence-electron chi connectivity index (χ2n) is 7.42. The van der Waals surface area contributed by atoms with Crippen molar-refractivity contribution in [3.8, 4) is 0 Å². The molecule has 3 aromatic rings. The van der Waals surface area contributed by atoms with Crippen molar-refractivity contribution in [1.29, 1.82) is 0 Å². The lowest BCUT2D eigenvalue weighted by atomic mass is 9.74. The van der Waals surface area contributed by atoms with Crippen molar-refractivity contribution in [2.45, 2.75) is 24.2 Å². The van der Waals surface area contributed by atoms with Gasteiger partial charge in [0.2, 0.25) is 0 Å². The number of rotatable bonds is 6. The number of fused-ring (bicyclic) bond motifs is 1. The summed E-state index contributed by atoms with van der Waals surface area (Å²) in [5.41, 5.74) is 12.6. The average molecular weight is 386 g/mol. The van der Waals surface area contributed by atoms with E-state index in [1.165, 1.54) is 16.7 Å². The third-order valence-electron chi connectivity index (χ3n) is 5.89. The Labute approximate surface area is 172 Å². The van der Waals surface area contributed by atoms with E-state index in [2.05, 4.69) is 78.9 Å². The molecule has 3 heteroatoms. The Hall–Kier alpha value is -2.72. The van der Waals surface area contributed by atoms with Gasteiger partial charge >= 0.3 is 0 Å². The van der Waals surface area contributed by atoms with E-state index in [4.69, 9.17) is 15.2 Å². The lowest BCUT2D eigenvalue weighted by Gasteiger charge is -2.34. The third kappa shape index (κ3) is 3.42. The lowest BCUT2D eigenvalue weighted by molar-refractivity contribution is -0.0985. The van der Waals surface area contributed by atoms with Crippen LogP contribution in [0.25, 0.3) is 5.57 Å². The number of hydrogen-bond donors (Lipinski definition) is 1. The van der Waals surface area contributed by atoms with Gasteiger partial charge in [-0.25, -0.2) is 0 Å². The van der Waals surface area contributed by atoms with Crippen LogP contribution < -0.4 is 5.73 Å². The molecular weight excluding hydrogens is 358 g/mol. The zero-order valence-corrected chi connectivity index (χ0v) is 16.9. The van der Waals surface area contributed by atoms with Crippen LogP contribution in [-0.4, -0.2) is 20.5 Å². The molecule has 0 aliphatic heterocycles. The number of hydrogen-bond acceptors (Lipinski definition) is 3. The molecule has 0 aromatic heterocycles. The second-order valence-corrected chi connectivity index (χ2v) is 7.42. The molecule has 3 nitrogen and oxygen atoms in total. The molecule has 2 N–H and O–H groups in total. The SMILES string of the molecule is COC(C/C=C1/c2ccccc2[C@@](N)(c2ccccc2)[C@@H]1c1ccccc1)OC. The van der Waals surface area contributed by atoms with Crippen LogP contribution in [0.2, 0.25) is 0 Å². The summed E-state index contributed by atoms with van der Waals surface area (Å²) in [5, 5.41) is 0. The first kappa shape index (κ1) is 19.6. The fourth-order valence-electron chi connectivity index (χ4n) is 4.52. The summed E-state index contributed by atoms with van der Waals surface area (Å²) in [6.45, 7) is 0. The monoisotopic (exact) mass is 385 g/mol. The molecule has 0 fully saturated rings. The van der Waals surface area contributed by atoms with E-state index < -0.39 is 5.54 Å². The Morgan fingerprint density at radius 1 is 0.862 bits per heavy atom. The molecule has 0 saturated carbocycles. The maximum absolute atomic E-state index is 7.33. The van der Waals surface area contributed by atoms with E-state index in [0.29, 0.717) is 6.42 Å². The third-order valence-corrected chi connectivity index (χ3v) is 5.89. The maximum Gasteiger partial charge on any atom is 0.160 e. The van der Waals surface area contributed by atoms with Crippen molar-refractivity contribution >= 4 is 5.57 Å². The minimum absolute atomic E-state index is 0.00198. The summed E-state index contributed by atoms with van der Waals surface area (Å²) >= 11 is 0. The molecule has 29 heavy (non-hydrogen) atoms. The predicted molar refractivity (Wildman–Crippen MR) is 117 cm³/mol. The first-order valence-corrected chi connectivity index (χ1v) is 9.95. The molecular formula is C26H27NO2. The van der Waals surface area contributed by atoms with Crippen LogP contribution in [0.1, 0.15) is 34.6 Å². The number of ether oxygens (including phenoxy) is 2. The van der Waals surface area contributed by atoms with Crippen LogP contribution in [-0.2, 0) is 15.0 Å². The standard InChI is InChI=1S/C26H27NO2/c1-28-24(29-2)18-17-22-21-15-9-10-16-23(21)26(27,20-13-7-4-8-14-20)25(22)19-11-5-3-6-12-19/h3-17,24-25H,18,27H2,1-2H3/b22-17-/t25-,26+/m1/s1. The number of benzene rings is 3. The molecule has 1 aliphatic rings. The van der Waals surface area contributed by atoms with Gasteiger partial charge in [0.1, 0.15) is 0 Å². The highest BCUT2D eigenvalue weighted by Crippen LogP contribution is 2.55. The first-order chi connectivity index (χ1) is 14.2. The molecule has 148 valence electrons. The van der Waals surface area contributed by atoms with E-state index in [1.807, 2.05) is 12.1 Å². The van der Waals surface area contributed by atoms with Gasteiger partial charge in [0.15, 0.2) is 6.29 Å². The van der Waals surface area contributed by atoms with Gasteiger partial charge in [0, 0.05) is 26.6 Å². The van der Waals surface area contributed by atoms with Gasteiger partial charge in [0.25, 0.3) is 0 Å². The Morgan fingerprint density at radius 3 is 2.10 bits per heavy atom. The lowest BCUT2D eigenvalue weighted by Crippen LogP contribution is -2.41. The largest absolute Gasteiger partial charge is 0.356 e. The summed E-state index contributed by atoms with van der Waals surface area (Å²) in [6, 6.07) is 29.4. The van der Waals surface area contributed by atoms with Crippen LogP contribution in [0.4, 0.5) is 0 Å². The van der Waals surface area contributed by atoms with Crippen LogP contribution >= 0.6 is 0 Å². The van der Waals surface area contributed by atoms with Crippen molar-refractivity contribution in [2.75, 3.05) is 14.2 Å². The zero-order chi connectivity index (χ0) is 20.3. The molecule has 0 heterocycles. The fraction of sp³-hybridized carbons (Fsp3) is 0.231. The highest BCUT2D eigenvalue weighted by molar-refractivity contribution is 5.83. The van der Waals surface area contributed by atoms with Gasteiger partial charge in [-0.2, -0.15) is 0 Å². The molecule has 0 saturated heterocycles. The zero-order valence-electron chi connectivity index (χ0n) is 16.9. The van der Waals surface area contributed by atoms with Gasteiger partial charge in [-0.1, -0.05) is 91.0 Å². The number of nitrogens with two attached hydrogens (primary N) is 1. The van der Waals surface area contributed by atoms with Crippen LogP contribution in [0, 0.1) is 0 Å². The summed E-state index contributed by atoms with van der Waals surface area (Å²) in [4.78, 5) is 0. The fourth-order valence-corrected chi connectivity index (χ4v) is 4.52. The maximum atomic E-state index is 7.33. The Kier molecular flexibility index (Phi) is 5.63. The van der Waals surface area contributed by atoms with E-state index >= 15 is 0 Å². The molecule has 0 amide bonds. The predicted octanol–water partition coefficient (Wildman–Crippen LogP) is 5.08. The smallest absolute Gasteiger partial charge is 0.160 e. The van der Waals surface area contributed by atoms with Crippen molar-refractivity contribution in [3.05, 3.63) is 113 Å². The molecule has 0 radical (unpaired) electrons. The van der Waals surface area contributed by atoms with Crippen molar-refractivity contribution in [3.63, 3.8) is 0 Å². The second kappa shape index (κ2) is 8.34. The van der Waals surface area contributed by atoms with E-state index in [9.17, 15) is 0 Å². The molecule has 3 aromatic carbocycles. The highest BCUT2D eigenvalue weighted by Gasteiger charge is 2.48. The van der Waals surface area contributed by atoms with Crippen LogP contribution in [0.3, 0.4) is 0 Å². The summed E-state index contributed by atoms with van der Waals surface area (Å²) in [6.07, 6.45) is 2.60. The van der Waals surface area contributed by atoms with E-state index in [-0.39, 0.29) is 12.2 Å². The van der Waals surface area contributed by atoms with Crippen LogP contribution in [0.15, 0.2) is 91.0 Å². The van der Waals surface area contributed by atoms with Crippen molar-refractivity contribution in [1.82, 2.24) is 0 Å². The van der Waals surface area contributed by atoms with Crippen LogP contribution in [0.5, 0.6) is 0 Å². The number of methoxy groups -OCH3 is 2. The molecule has 0 bridgehead atoms. The molecule has 2 atom stereocenters. The first-order valence-electron chi connectivity index (χ1n) is 9.95. The topological polar surface area (TPSA) is 44.5 Å². The van der Waals surface area contributed by atoms with Gasteiger partial charge in [-0.3, -0.25) is 0 Å². The molecule has 0 spiro atoms. The molecule has 0 unspecified atom stereocenters. The summed E-state index contributed by atoms with van der Waals surface area (Å²) in [7, 11) is 3.34. The Bertz CT molecular complexity index is 980. The van der Waals surface area contributed by atoms with Gasteiger partial charge in [-0.15, -0.1) is 0 Å². The van der Waals surface area contributed by atoms with Gasteiger partial charge < -0.3 is 15.2 Å². The summed E-state index contributed by atoms with van der Waals surface area (Å²) in [5.74, 6) is -0.00198. The quantitative estimate of drug-likeness (QED) is 0.602. The van der Waals surface area contributed by atoms with Gasteiger partial charge in [0.05, 0.1) is 5.54 Å². The normalized spacial score (nSPS) is 22.2. The Balaban J connectivity index is 1.94. The van der Waals surface area contributed by atoms with E-state index in [0.717, 1.165) is 11.1 Å². The van der Waals surface area contributed by atoms with Crippen molar-refractivity contribution in [2.24, 2.45) is 5.73 Å².